The van der Waals surface area contributed by atoms with Crippen LogP contribution in [0.4, 0.5) is 0 Å². The molecule has 1 amide bonds. The van der Waals surface area contributed by atoms with E-state index in [0.717, 1.165) is 39.5 Å². The Kier molecular flexibility index (Phi) is 5.60. The number of rotatable bonds is 6. The van der Waals surface area contributed by atoms with Gasteiger partial charge in [0.2, 0.25) is 0 Å². The summed E-state index contributed by atoms with van der Waals surface area (Å²) < 4.78 is 7.58. The SMILES string of the molecule is Cc1cccc(OCC(=O)NCc2c(C)nn(-c3ccccc3)c2C)c1C. The number of hydrogen-bond acceptors (Lipinski definition) is 3. The summed E-state index contributed by atoms with van der Waals surface area (Å²) in [5.74, 6) is 0.594. The van der Waals surface area contributed by atoms with Crippen LogP contribution in [0.1, 0.15) is 28.1 Å². The molecule has 0 aliphatic heterocycles. The van der Waals surface area contributed by atoms with Gasteiger partial charge in [-0.15, -0.1) is 0 Å². The second-order valence-electron chi connectivity index (χ2n) is 6.66. The fourth-order valence-corrected chi connectivity index (χ4v) is 3.01. The van der Waals surface area contributed by atoms with Crippen LogP contribution >= 0.6 is 0 Å². The molecule has 3 aromatic rings. The largest absolute Gasteiger partial charge is 0.483 e. The standard InChI is InChI=1S/C22H25N3O2/c1-15-9-8-12-21(16(15)2)27-14-22(26)23-13-20-17(3)24-25(18(20)4)19-10-6-5-7-11-19/h5-12H,13-14H2,1-4H3,(H,23,26). The highest BCUT2D eigenvalue weighted by Crippen LogP contribution is 2.20. The van der Waals surface area contributed by atoms with E-state index in [4.69, 9.17) is 4.74 Å². The maximum absolute atomic E-state index is 12.2. The highest BCUT2D eigenvalue weighted by Gasteiger charge is 2.14. The first-order valence-corrected chi connectivity index (χ1v) is 9.03. The second kappa shape index (κ2) is 8.08. The monoisotopic (exact) mass is 363 g/mol. The summed E-state index contributed by atoms with van der Waals surface area (Å²) in [6.07, 6.45) is 0. The lowest BCUT2D eigenvalue weighted by atomic mass is 10.1. The quantitative estimate of drug-likeness (QED) is 0.725. The van der Waals surface area contributed by atoms with Crippen LogP contribution in [0.2, 0.25) is 0 Å². The summed E-state index contributed by atoms with van der Waals surface area (Å²) in [6.45, 7) is 8.42. The zero-order valence-corrected chi connectivity index (χ0v) is 16.2. The van der Waals surface area contributed by atoms with E-state index in [1.54, 1.807) is 0 Å². The van der Waals surface area contributed by atoms with Crippen LogP contribution in [0.25, 0.3) is 5.69 Å². The van der Waals surface area contributed by atoms with Crippen LogP contribution in [-0.4, -0.2) is 22.3 Å². The van der Waals surface area contributed by atoms with Crippen molar-refractivity contribution in [2.45, 2.75) is 34.2 Å². The van der Waals surface area contributed by atoms with E-state index >= 15 is 0 Å². The van der Waals surface area contributed by atoms with E-state index in [0.29, 0.717) is 6.54 Å². The molecule has 2 aromatic carbocycles. The lowest BCUT2D eigenvalue weighted by Gasteiger charge is -2.11. The molecular weight excluding hydrogens is 338 g/mol. The molecule has 0 spiro atoms. The zero-order valence-electron chi connectivity index (χ0n) is 16.2. The Bertz CT molecular complexity index is 946. The number of aromatic nitrogens is 2. The molecule has 0 unspecified atom stereocenters. The molecule has 0 bridgehead atoms. The van der Waals surface area contributed by atoms with Gasteiger partial charge >= 0.3 is 0 Å². The van der Waals surface area contributed by atoms with Crippen LogP contribution < -0.4 is 10.1 Å². The molecule has 0 saturated heterocycles. The number of benzene rings is 2. The topological polar surface area (TPSA) is 56.1 Å². The van der Waals surface area contributed by atoms with Crippen molar-refractivity contribution in [1.29, 1.82) is 0 Å². The molecule has 0 aliphatic carbocycles. The summed E-state index contributed by atoms with van der Waals surface area (Å²) in [5.41, 5.74) is 6.17. The summed E-state index contributed by atoms with van der Waals surface area (Å²) >= 11 is 0. The Morgan fingerprint density at radius 3 is 2.52 bits per heavy atom. The number of hydrogen-bond donors (Lipinski definition) is 1. The van der Waals surface area contributed by atoms with Crippen LogP contribution in [-0.2, 0) is 11.3 Å². The maximum atomic E-state index is 12.2. The van der Waals surface area contributed by atoms with Gasteiger partial charge in [0.15, 0.2) is 6.61 Å². The molecule has 5 heteroatoms. The Balaban J connectivity index is 1.62. The van der Waals surface area contributed by atoms with Gasteiger partial charge in [0.25, 0.3) is 5.91 Å². The van der Waals surface area contributed by atoms with Crippen molar-refractivity contribution in [3.8, 4) is 11.4 Å². The average Bonchev–Trinajstić information content (AvgIpc) is 2.96. The lowest BCUT2D eigenvalue weighted by Crippen LogP contribution is -2.29. The fraction of sp³-hybridized carbons (Fsp3) is 0.273. The van der Waals surface area contributed by atoms with Gasteiger partial charge in [-0.05, 0) is 57.0 Å². The van der Waals surface area contributed by atoms with Gasteiger partial charge in [-0.3, -0.25) is 4.79 Å². The number of aryl methyl sites for hydroxylation is 2. The molecule has 0 saturated carbocycles. The van der Waals surface area contributed by atoms with Gasteiger partial charge in [-0.2, -0.15) is 5.10 Å². The average molecular weight is 363 g/mol. The summed E-state index contributed by atoms with van der Waals surface area (Å²) in [6, 6.07) is 15.8. The van der Waals surface area contributed by atoms with Crippen LogP contribution in [0.15, 0.2) is 48.5 Å². The van der Waals surface area contributed by atoms with E-state index < -0.39 is 0 Å². The van der Waals surface area contributed by atoms with E-state index in [2.05, 4.69) is 10.4 Å². The number of nitrogens with one attached hydrogen (secondary N) is 1. The van der Waals surface area contributed by atoms with E-state index in [1.165, 1.54) is 0 Å². The van der Waals surface area contributed by atoms with Crippen molar-refractivity contribution in [3.63, 3.8) is 0 Å². The number of amides is 1. The van der Waals surface area contributed by atoms with E-state index in [-0.39, 0.29) is 12.5 Å². The highest BCUT2D eigenvalue weighted by molar-refractivity contribution is 5.77. The van der Waals surface area contributed by atoms with Crippen molar-refractivity contribution in [1.82, 2.24) is 15.1 Å². The Morgan fingerprint density at radius 2 is 1.78 bits per heavy atom. The first-order valence-electron chi connectivity index (χ1n) is 9.03. The molecule has 0 atom stereocenters. The van der Waals surface area contributed by atoms with Crippen LogP contribution in [0.3, 0.4) is 0 Å². The zero-order chi connectivity index (χ0) is 19.4. The van der Waals surface area contributed by atoms with Crippen molar-refractivity contribution in [2.75, 3.05) is 6.61 Å². The van der Waals surface area contributed by atoms with Crippen molar-refractivity contribution < 1.29 is 9.53 Å². The van der Waals surface area contributed by atoms with Gasteiger partial charge in [-0.1, -0.05) is 30.3 Å². The number of ether oxygens (including phenoxy) is 1. The number of nitrogens with zero attached hydrogens (tertiary/aromatic N) is 2. The molecule has 1 N–H and O–H groups in total. The van der Waals surface area contributed by atoms with Gasteiger partial charge in [0.05, 0.1) is 11.4 Å². The molecule has 0 fully saturated rings. The molecule has 0 aliphatic rings. The van der Waals surface area contributed by atoms with Crippen LogP contribution in [0.5, 0.6) is 5.75 Å². The third-order valence-corrected chi connectivity index (χ3v) is 4.82. The number of carbonyl (C=O) groups excluding carboxylic acids is 1. The fourth-order valence-electron chi connectivity index (χ4n) is 3.01. The van der Waals surface area contributed by atoms with Crippen molar-refractivity contribution >= 4 is 5.91 Å². The predicted molar refractivity (Wildman–Crippen MR) is 106 cm³/mol. The molecule has 140 valence electrons. The Morgan fingerprint density at radius 1 is 1.04 bits per heavy atom. The molecule has 5 nitrogen and oxygen atoms in total. The van der Waals surface area contributed by atoms with Crippen LogP contribution in [0, 0.1) is 27.7 Å². The third kappa shape index (κ3) is 4.19. The lowest BCUT2D eigenvalue weighted by molar-refractivity contribution is -0.123. The summed E-state index contributed by atoms with van der Waals surface area (Å²) in [7, 11) is 0. The highest BCUT2D eigenvalue weighted by atomic mass is 16.5. The smallest absolute Gasteiger partial charge is 0.258 e. The second-order valence-corrected chi connectivity index (χ2v) is 6.66. The first-order chi connectivity index (χ1) is 13.0. The number of carbonyl (C=O) groups is 1. The van der Waals surface area contributed by atoms with Crippen molar-refractivity contribution in [2.24, 2.45) is 0 Å². The van der Waals surface area contributed by atoms with Gasteiger partial charge < -0.3 is 10.1 Å². The molecule has 0 radical (unpaired) electrons. The van der Waals surface area contributed by atoms with Crippen molar-refractivity contribution in [3.05, 3.63) is 76.6 Å². The molecule has 1 heterocycles. The van der Waals surface area contributed by atoms with Gasteiger partial charge in [0.1, 0.15) is 5.75 Å². The molecule has 3 rings (SSSR count). The Hall–Kier alpha value is -3.08. The van der Waals surface area contributed by atoms with E-state index in [1.807, 2.05) is 80.9 Å². The third-order valence-electron chi connectivity index (χ3n) is 4.82. The Labute approximate surface area is 160 Å². The molecule has 27 heavy (non-hydrogen) atoms. The summed E-state index contributed by atoms with van der Waals surface area (Å²) in [5, 5.41) is 7.54. The minimum Gasteiger partial charge on any atom is -0.483 e. The molecule has 1 aromatic heterocycles. The number of para-hydroxylation sites is 1. The minimum absolute atomic E-state index is 0.00475. The summed E-state index contributed by atoms with van der Waals surface area (Å²) in [4.78, 5) is 12.2. The van der Waals surface area contributed by atoms with E-state index in [9.17, 15) is 4.79 Å². The molecular formula is C22H25N3O2. The van der Waals surface area contributed by atoms with Gasteiger partial charge in [-0.25, -0.2) is 4.68 Å². The minimum atomic E-state index is -0.151. The maximum Gasteiger partial charge on any atom is 0.258 e. The van der Waals surface area contributed by atoms with Gasteiger partial charge in [0, 0.05) is 17.8 Å². The first kappa shape index (κ1) is 18.7. The normalized spacial score (nSPS) is 10.7. The predicted octanol–water partition coefficient (Wildman–Crippen LogP) is 3.80.